The maximum absolute atomic E-state index is 2.28. The van der Waals surface area contributed by atoms with E-state index in [1.807, 2.05) is 0 Å². The van der Waals surface area contributed by atoms with Crippen LogP contribution in [0.25, 0.3) is 0 Å². The molecule has 0 saturated heterocycles. The molecule has 0 radical (unpaired) electrons. The molecule has 0 aromatic rings. The van der Waals surface area contributed by atoms with Gasteiger partial charge < -0.3 is 0 Å². The Hall–Kier alpha value is 1.00. The SMILES string of the molecule is CCC(CC)[CH2][Na]. The monoisotopic (exact) mass is 108 g/mol. The molecule has 7 heavy (non-hydrogen) atoms. The van der Waals surface area contributed by atoms with Crippen LogP contribution in [0.1, 0.15) is 26.7 Å². The molecule has 1 heteroatoms. The van der Waals surface area contributed by atoms with Gasteiger partial charge in [0, 0.05) is 0 Å². The molecule has 0 aliphatic heterocycles. The summed E-state index contributed by atoms with van der Waals surface area (Å²) in [7, 11) is 0. The maximum atomic E-state index is 2.28. The van der Waals surface area contributed by atoms with Crippen LogP contribution in [-0.4, -0.2) is 27.9 Å². The third-order valence-corrected chi connectivity index (χ3v) is 2.89. The quantitative estimate of drug-likeness (QED) is 0.485. The van der Waals surface area contributed by atoms with E-state index in [-0.39, 0.29) is 0 Å². The minimum atomic E-state index is 1.05. The molecular formula is C6H13Na. The van der Waals surface area contributed by atoms with Crippen molar-refractivity contribution in [1.29, 1.82) is 0 Å². The van der Waals surface area contributed by atoms with Crippen LogP contribution < -0.4 is 0 Å². The van der Waals surface area contributed by atoms with Gasteiger partial charge in [-0.1, -0.05) is 0 Å². The van der Waals surface area contributed by atoms with Gasteiger partial charge in [-0.2, -0.15) is 0 Å². The van der Waals surface area contributed by atoms with E-state index in [0.717, 1.165) is 5.92 Å². The van der Waals surface area contributed by atoms with Gasteiger partial charge in [0.05, 0.1) is 0 Å². The summed E-state index contributed by atoms with van der Waals surface area (Å²) >= 11 is 1.39. The first-order chi connectivity index (χ1) is 3.35. The van der Waals surface area contributed by atoms with Crippen LogP contribution in [0, 0.1) is 5.92 Å². The Bertz CT molecular complexity index is 25.7. The Labute approximate surface area is 64.1 Å². The van der Waals surface area contributed by atoms with Crippen LogP contribution in [0.5, 0.6) is 0 Å². The van der Waals surface area contributed by atoms with Crippen LogP contribution in [0.3, 0.4) is 0 Å². The van der Waals surface area contributed by atoms with E-state index in [1.165, 1.54) is 44.4 Å². The van der Waals surface area contributed by atoms with Crippen molar-refractivity contribution in [3.8, 4) is 0 Å². The Balaban J connectivity index is 2.99. The third-order valence-electron chi connectivity index (χ3n) is 1.73. The van der Waals surface area contributed by atoms with E-state index in [4.69, 9.17) is 0 Å². The Morgan fingerprint density at radius 1 is 1.29 bits per heavy atom. The normalized spacial score (nSPS) is 10.4. The fourth-order valence-corrected chi connectivity index (χ4v) is 2.02. The Morgan fingerprint density at radius 3 is 1.71 bits per heavy atom. The zero-order valence-corrected chi connectivity index (χ0v) is 7.70. The van der Waals surface area contributed by atoms with Crippen molar-refractivity contribution in [3.63, 3.8) is 0 Å². The Morgan fingerprint density at radius 2 is 1.71 bits per heavy atom. The predicted octanol–water partition coefficient (Wildman–Crippen LogP) is 2.01. The van der Waals surface area contributed by atoms with Gasteiger partial charge in [-0.25, -0.2) is 0 Å². The molecule has 0 unspecified atom stereocenters. The van der Waals surface area contributed by atoms with Gasteiger partial charge in [-0.15, -0.1) is 0 Å². The number of rotatable bonds is 3. The van der Waals surface area contributed by atoms with Crippen LogP contribution in [0.2, 0.25) is 3.67 Å². The van der Waals surface area contributed by atoms with Crippen LogP contribution in [0.15, 0.2) is 0 Å². The second-order valence-corrected chi connectivity index (χ2v) is 2.91. The molecule has 0 N–H and O–H groups in total. The minimum absolute atomic E-state index is 1.05. The molecule has 0 atom stereocenters. The summed E-state index contributed by atoms with van der Waals surface area (Å²) in [6, 6.07) is 0. The van der Waals surface area contributed by atoms with Crippen LogP contribution in [0.4, 0.5) is 0 Å². The zero-order valence-electron chi connectivity index (χ0n) is 5.70. The van der Waals surface area contributed by atoms with Crippen molar-refractivity contribution in [2.45, 2.75) is 30.4 Å². The van der Waals surface area contributed by atoms with Gasteiger partial charge in [0.2, 0.25) is 0 Å². The molecule has 0 aliphatic carbocycles. The standard InChI is InChI=1S/C6H13.Na/c1-4-6(3)5-2;/h6H,3-5H2,1-2H3;. The summed E-state index contributed by atoms with van der Waals surface area (Å²) in [4.78, 5) is 0. The molecule has 0 spiro atoms. The van der Waals surface area contributed by atoms with Gasteiger partial charge >= 0.3 is 64.2 Å². The molecular weight excluding hydrogens is 95.1 g/mol. The van der Waals surface area contributed by atoms with Crippen molar-refractivity contribution in [1.82, 2.24) is 0 Å². The number of hydrogen-bond donors (Lipinski definition) is 0. The zero-order chi connectivity index (χ0) is 5.70. The first kappa shape index (κ1) is 8.00. The van der Waals surface area contributed by atoms with E-state index < -0.39 is 0 Å². The van der Waals surface area contributed by atoms with Crippen molar-refractivity contribution in [2.24, 2.45) is 5.92 Å². The average molecular weight is 108 g/mol. The van der Waals surface area contributed by atoms with Crippen molar-refractivity contribution >= 4 is 27.9 Å². The molecule has 0 rings (SSSR count). The van der Waals surface area contributed by atoms with Gasteiger partial charge in [0.15, 0.2) is 0 Å². The summed E-state index contributed by atoms with van der Waals surface area (Å²) in [5, 5.41) is 0. The Kier molecular flexibility index (Phi) is 5.88. The van der Waals surface area contributed by atoms with Crippen LogP contribution >= 0.6 is 0 Å². The van der Waals surface area contributed by atoms with E-state index >= 15 is 0 Å². The second kappa shape index (κ2) is 5.14. The van der Waals surface area contributed by atoms with Crippen molar-refractivity contribution in [3.05, 3.63) is 0 Å². The molecule has 0 heterocycles. The fourth-order valence-electron chi connectivity index (χ4n) is 0.866. The number of hydrogen-bond acceptors (Lipinski definition) is 0. The molecule has 0 bridgehead atoms. The van der Waals surface area contributed by atoms with E-state index in [1.54, 1.807) is 0 Å². The molecule has 0 fully saturated rings. The predicted molar refractivity (Wildman–Crippen MR) is 34.6 cm³/mol. The summed E-state index contributed by atoms with van der Waals surface area (Å²) in [5.74, 6) is 1.05. The summed E-state index contributed by atoms with van der Waals surface area (Å²) in [6.45, 7) is 4.57. The van der Waals surface area contributed by atoms with Crippen molar-refractivity contribution < 1.29 is 0 Å². The second-order valence-electron chi connectivity index (χ2n) is 2.09. The van der Waals surface area contributed by atoms with Gasteiger partial charge in [0.1, 0.15) is 0 Å². The topological polar surface area (TPSA) is 0 Å². The van der Waals surface area contributed by atoms with E-state index in [0.29, 0.717) is 0 Å². The molecule has 0 aromatic carbocycles. The van der Waals surface area contributed by atoms with Gasteiger partial charge in [-0.3, -0.25) is 0 Å². The average Bonchev–Trinajstić information content (AvgIpc) is 1.72. The third kappa shape index (κ3) is 3.57. The first-order valence-corrected chi connectivity index (χ1v) is 4.76. The van der Waals surface area contributed by atoms with E-state index in [9.17, 15) is 0 Å². The molecule has 0 aliphatic rings. The van der Waals surface area contributed by atoms with Gasteiger partial charge in [0.25, 0.3) is 0 Å². The van der Waals surface area contributed by atoms with E-state index in [2.05, 4.69) is 13.8 Å². The molecule has 38 valence electrons. The molecule has 0 nitrogen and oxygen atoms in total. The fraction of sp³-hybridized carbons (Fsp3) is 1.00. The molecule has 0 amide bonds. The molecule has 0 aromatic heterocycles. The first-order valence-electron chi connectivity index (χ1n) is 3.35. The summed E-state index contributed by atoms with van der Waals surface area (Å²) in [5.41, 5.74) is 0. The molecule has 0 saturated carbocycles. The summed E-state index contributed by atoms with van der Waals surface area (Å²) < 4.78 is 1.49. The van der Waals surface area contributed by atoms with Crippen LogP contribution in [-0.2, 0) is 0 Å². The van der Waals surface area contributed by atoms with Gasteiger partial charge in [-0.05, 0) is 0 Å². The summed E-state index contributed by atoms with van der Waals surface area (Å²) in [6.07, 6.45) is 2.78. The van der Waals surface area contributed by atoms with Crippen molar-refractivity contribution in [2.75, 3.05) is 0 Å².